The standard InChI is InChI=1S/C17H24BrN3/c1-2-21-17-10-6-5-9-15(17)16(19-21)13-20(12-11-18)14-7-3-4-8-14/h5-6,9-10,14H,2-4,7-8,11-13H2,1H3. The first-order valence-electron chi connectivity index (χ1n) is 8.08. The zero-order chi connectivity index (χ0) is 14.7. The molecule has 2 aromatic rings. The summed E-state index contributed by atoms with van der Waals surface area (Å²) < 4.78 is 2.13. The number of hydrogen-bond donors (Lipinski definition) is 0. The van der Waals surface area contributed by atoms with Gasteiger partial charge in [0.1, 0.15) is 0 Å². The smallest absolute Gasteiger partial charge is 0.0843 e. The van der Waals surface area contributed by atoms with Gasteiger partial charge in [-0.3, -0.25) is 9.58 Å². The van der Waals surface area contributed by atoms with Gasteiger partial charge in [-0.25, -0.2) is 0 Å². The van der Waals surface area contributed by atoms with Gasteiger partial charge in [0.15, 0.2) is 0 Å². The molecule has 0 radical (unpaired) electrons. The third-order valence-corrected chi connectivity index (χ3v) is 4.95. The number of benzene rings is 1. The zero-order valence-electron chi connectivity index (χ0n) is 12.8. The second-order valence-electron chi connectivity index (χ2n) is 5.88. The molecular weight excluding hydrogens is 326 g/mol. The van der Waals surface area contributed by atoms with Gasteiger partial charge in [0.2, 0.25) is 0 Å². The SMILES string of the molecule is CCn1nc(CN(CCBr)C2CCCC2)c2ccccc21. The summed E-state index contributed by atoms with van der Waals surface area (Å²) in [6, 6.07) is 9.36. The highest BCUT2D eigenvalue weighted by Crippen LogP contribution is 2.27. The van der Waals surface area contributed by atoms with Crippen LogP contribution in [0.4, 0.5) is 0 Å². The van der Waals surface area contributed by atoms with E-state index in [1.165, 1.54) is 42.3 Å². The van der Waals surface area contributed by atoms with Crippen LogP contribution in [0.2, 0.25) is 0 Å². The number of halogens is 1. The van der Waals surface area contributed by atoms with Gasteiger partial charge >= 0.3 is 0 Å². The Bertz CT molecular complexity index is 587. The van der Waals surface area contributed by atoms with Crippen molar-refractivity contribution in [3.63, 3.8) is 0 Å². The summed E-state index contributed by atoms with van der Waals surface area (Å²) in [5.74, 6) is 0. The Morgan fingerprint density at radius 2 is 2.05 bits per heavy atom. The lowest BCUT2D eigenvalue weighted by atomic mass is 10.1. The highest BCUT2D eigenvalue weighted by atomic mass is 79.9. The van der Waals surface area contributed by atoms with Gasteiger partial charge in [-0.05, 0) is 25.8 Å². The summed E-state index contributed by atoms with van der Waals surface area (Å²) in [7, 11) is 0. The molecule has 4 heteroatoms. The zero-order valence-corrected chi connectivity index (χ0v) is 14.3. The molecule has 1 aromatic heterocycles. The molecule has 0 aliphatic heterocycles. The molecule has 3 nitrogen and oxygen atoms in total. The number of alkyl halides is 1. The maximum absolute atomic E-state index is 4.86. The Hall–Kier alpha value is -0.870. The van der Waals surface area contributed by atoms with Gasteiger partial charge in [-0.15, -0.1) is 0 Å². The van der Waals surface area contributed by atoms with Gasteiger partial charge in [0.25, 0.3) is 0 Å². The van der Waals surface area contributed by atoms with Crippen LogP contribution in [0, 0.1) is 0 Å². The highest BCUT2D eigenvalue weighted by molar-refractivity contribution is 9.09. The summed E-state index contributed by atoms with van der Waals surface area (Å²) in [6.45, 7) is 5.18. The molecule has 1 heterocycles. The van der Waals surface area contributed by atoms with Crippen molar-refractivity contribution in [3.05, 3.63) is 30.0 Å². The van der Waals surface area contributed by atoms with E-state index >= 15 is 0 Å². The van der Waals surface area contributed by atoms with Crippen LogP contribution in [0.1, 0.15) is 38.3 Å². The second kappa shape index (κ2) is 6.93. The fourth-order valence-corrected chi connectivity index (χ4v) is 3.97. The molecule has 0 spiro atoms. The fraction of sp³-hybridized carbons (Fsp3) is 0.588. The number of rotatable bonds is 6. The van der Waals surface area contributed by atoms with Crippen LogP contribution in [0.25, 0.3) is 10.9 Å². The predicted molar refractivity (Wildman–Crippen MR) is 91.9 cm³/mol. The largest absolute Gasteiger partial charge is 0.294 e. The third kappa shape index (κ3) is 3.16. The number of para-hydroxylation sites is 1. The molecule has 1 fully saturated rings. The molecule has 0 amide bonds. The number of nitrogens with zero attached hydrogens (tertiary/aromatic N) is 3. The topological polar surface area (TPSA) is 21.1 Å². The molecule has 114 valence electrons. The van der Waals surface area contributed by atoms with E-state index in [-0.39, 0.29) is 0 Å². The van der Waals surface area contributed by atoms with Crippen LogP contribution < -0.4 is 0 Å². The number of hydrogen-bond acceptors (Lipinski definition) is 2. The number of aromatic nitrogens is 2. The molecule has 0 N–H and O–H groups in total. The van der Waals surface area contributed by atoms with Crippen molar-refractivity contribution in [1.29, 1.82) is 0 Å². The fourth-order valence-electron chi connectivity index (χ4n) is 3.52. The minimum absolute atomic E-state index is 0.744. The first-order valence-corrected chi connectivity index (χ1v) is 9.20. The first kappa shape index (κ1) is 15.0. The molecule has 1 saturated carbocycles. The molecule has 1 aliphatic rings. The molecule has 1 aromatic carbocycles. The molecule has 0 unspecified atom stereocenters. The van der Waals surface area contributed by atoms with Gasteiger partial charge in [0.05, 0.1) is 11.2 Å². The Kier molecular flexibility index (Phi) is 4.96. The Morgan fingerprint density at radius 1 is 1.29 bits per heavy atom. The van der Waals surface area contributed by atoms with E-state index < -0.39 is 0 Å². The van der Waals surface area contributed by atoms with E-state index in [0.29, 0.717) is 0 Å². The number of aryl methyl sites for hydroxylation is 1. The summed E-state index contributed by atoms with van der Waals surface area (Å²) in [5, 5.41) is 7.22. The van der Waals surface area contributed by atoms with E-state index in [1.807, 2.05) is 0 Å². The lowest BCUT2D eigenvalue weighted by Crippen LogP contribution is -2.34. The highest BCUT2D eigenvalue weighted by Gasteiger charge is 2.23. The molecule has 21 heavy (non-hydrogen) atoms. The van der Waals surface area contributed by atoms with Crippen LogP contribution in [0.3, 0.4) is 0 Å². The molecule has 0 atom stereocenters. The van der Waals surface area contributed by atoms with E-state index in [0.717, 1.165) is 31.0 Å². The second-order valence-corrected chi connectivity index (χ2v) is 6.67. The Labute approximate surface area is 135 Å². The molecule has 0 saturated heterocycles. The van der Waals surface area contributed by atoms with Gasteiger partial charge in [0, 0.05) is 36.4 Å². The monoisotopic (exact) mass is 349 g/mol. The van der Waals surface area contributed by atoms with E-state index in [1.54, 1.807) is 0 Å². The van der Waals surface area contributed by atoms with Crippen LogP contribution in [0.5, 0.6) is 0 Å². The summed E-state index contributed by atoms with van der Waals surface area (Å²) >= 11 is 3.61. The van der Waals surface area contributed by atoms with Crippen LogP contribution in [0.15, 0.2) is 24.3 Å². The third-order valence-electron chi connectivity index (χ3n) is 4.60. The van der Waals surface area contributed by atoms with Gasteiger partial charge in [-0.2, -0.15) is 5.10 Å². The van der Waals surface area contributed by atoms with Crippen molar-refractivity contribution < 1.29 is 0 Å². The van der Waals surface area contributed by atoms with Crippen molar-refractivity contribution in [2.75, 3.05) is 11.9 Å². The first-order chi connectivity index (χ1) is 10.3. The lowest BCUT2D eigenvalue weighted by Gasteiger charge is -2.27. The molecular formula is C17H24BrN3. The predicted octanol–water partition coefficient (Wildman–Crippen LogP) is 4.20. The lowest BCUT2D eigenvalue weighted by molar-refractivity contribution is 0.200. The molecule has 3 rings (SSSR count). The van der Waals surface area contributed by atoms with E-state index in [9.17, 15) is 0 Å². The maximum Gasteiger partial charge on any atom is 0.0843 e. The van der Waals surface area contributed by atoms with Crippen LogP contribution in [-0.2, 0) is 13.1 Å². The van der Waals surface area contributed by atoms with Crippen LogP contribution >= 0.6 is 15.9 Å². The van der Waals surface area contributed by atoms with E-state index in [2.05, 4.69) is 56.7 Å². The van der Waals surface area contributed by atoms with Crippen molar-refractivity contribution in [2.24, 2.45) is 0 Å². The Morgan fingerprint density at radius 3 is 2.76 bits per heavy atom. The average Bonchev–Trinajstić information content (AvgIpc) is 3.15. The van der Waals surface area contributed by atoms with Crippen molar-refractivity contribution in [3.8, 4) is 0 Å². The molecule has 0 bridgehead atoms. The Balaban J connectivity index is 1.88. The summed E-state index contributed by atoms with van der Waals surface area (Å²) in [6.07, 6.45) is 5.46. The molecule has 1 aliphatic carbocycles. The van der Waals surface area contributed by atoms with Gasteiger partial charge < -0.3 is 0 Å². The van der Waals surface area contributed by atoms with Crippen LogP contribution in [-0.4, -0.2) is 32.6 Å². The average molecular weight is 350 g/mol. The van der Waals surface area contributed by atoms with Crippen molar-refractivity contribution >= 4 is 26.8 Å². The van der Waals surface area contributed by atoms with Gasteiger partial charge in [-0.1, -0.05) is 47.0 Å². The minimum Gasteiger partial charge on any atom is -0.294 e. The quantitative estimate of drug-likeness (QED) is 0.728. The van der Waals surface area contributed by atoms with Crippen molar-refractivity contribution in [2.45, 2.75) is 51.7 Å². The summed E-state index contributed by atoms with van der Waals surface area (Å²) in [4.78, 5) is 2.62. The minimum atomic E-state index is 0.744. The van der Waals surface area contributed by atoms with E-state index in [4.69, 9.17) is 5.10 Å². The number of fused-ring (bicyclic) bond motifs is 1. The maximum atomic E-state index is 4.86. The van der Waals surface area contributed by atoms with Crippen molar-refractivity contribution in [1.82, 2.24) is 14.7 Å². The summed E-state index contributed by atoms with van der Waals surface area (Å²) in [5.41, 5.74) is 2.50. The normalized spacial score (nSPS) is 16.3.